The number of nitrogens with one attached hydrogen (secondary N) is 2. The molecule has 5 heteroatoms. The van der Waals surface area contributed by atoms with Gasteiger partial charge in [0.2, 0.25) is 5.91 Å². The fraction of sp³-hybridized carbons (Fsp3) is 0.385. The lowest BCUT2D eigenvalue weighted by molar-refractivity contribution is -0.119. The summed E-state index contributed by atoms with van der Waals surface area (Å²) in [6, 6.07) is 5.95. The fourth-order valence-corrected chi connectivity index (χ4v) is 1.78. The molecule has 18 heavy (non-hydrogen) atoms. The number of carbonyl (C=O) groups is 1. The van der Waals surface area contributed by atoms with Crippen LogP contribution in [0.3, 0.4) is 0 Å². The van der Waals surface area contributed by atoms with E-state index >= 15 is 0 Å². The van der Waals surface area contributed by atoms with Gasteiger partial charge in [0.05, 0.1) is 19.0 Å². The van der Waals surface area contributed by atoms with Crippen LogP contribution in [0, 0.1) is 25.2 Å². The Morgan fingerprint density at radius 2 is 2.00 bits per heavy atom. The van der Waals surface area contributed by atoms with Gasteiger partial charge in [-0.1, -0.05) is 15.9 Å². The Morgan fingerprint density at radius 1 is 1.39 bits per heavy atom. The van der Waals surface area contributed by atoms with Gasteiger partial charge in [0.15, 0.2) is 0 Å². The van der Waals surface area contributed by atoms with Crippen LogP contribution in [0.1, 0.15) is 17.5 Å². The van der Waals surface area contributed by atoms with Gasteiger partial charge >= 0.3 is 0 Å². The SMILES string of the molecule is Cc1cc(NCC(=O)NCCC#N)cc(C)c1Br. The average molecular weight is 310 g/mol. The first-order valence-electron chi connectivity index (χ1n) is 5.69. The maximum Gasteiger partial charge on any atom is 0.239 e. The summed E-state index contributed by atoms with van der Waals surface area (Å²) in [5.74, 6) is -0.108. The Labute approximate surface area is 116 Å². The summed E-state index contributed by atoms with van der Waals surface area (Å²) >= 11 is 3.50. The molecule has 1 amide bonds. The van der Waals surface area contributed by atoms with Crippen molar-refractivity contribution in [3.8, 4) is 6.07 Å². The van der Waals surface area contributed by atoms with E-state index < -0.39 is 0 Å². The van der Waals surface area contributed by atoms with Crippen LogP contribution < -0.4 is 10.6 Å². The molecule has 0 aliphatic rings. The lowest BCUT2D eigenvalue weighted by Gasteiger charge is -2.10. The second-order valence-electron chi connectivity index (χ2n) is 4.04. The molecular formula is C13H16BrN3O. The molecule has 0 aliphatic heterocycles. The van der Waals surface area contributed by atoms with Crippen LogP contribution in [0.5, 0.6) is 0 Å². The number of hydrogen-bond acceptors (Lipinski definition) is 3. The van der Waals surface area contributed by atoms with Crippen molar-refractivity contribution in [1.82, 2.24) is 5.32 Å². The van der Waals surface area contributed by atoms with Crippen LogP contribution in [0.15, 0.2) is 16.6 Å². The van der Waals surface area contributed by atoms with Crippen molar-refractivity contribution < 1.29 is 4.79 Å². The third-order valence-electron chi connectivity index (χ3n) is 2.45. The molecule has 1 rings (SSSR count). The molecule has 0 saturated carbocycles. The number of benzene rings is 1. The van der Waals surface area contributed by atoms with E-state index in [9.17, 15) is 4.79 Å². The second kappa shape index (κ2) is 7.02. The molecule has 0 unspecified atom stereocenters. The first-order chi connectivity index (χ1) is 8.54. The standard InChI is InChI=1S/C13H16BrN3O/c1-9-6-11(7-10(2)13(9)14)17-8-12(18)16-5-3-4-15/h6-7,17H,3,5,8H2,1-2H3,(H,16,18). The highest BCUT2D eigenvalue weighted by atomic mass is 79.9. The molecule has 0 fully saturated rings. The highest BCUT2D eigenvalue weighted by Crippen LogP contribution is 2.24. The number of aryl methyl sites for hydroxylation is 2. The number of rotatable bonds is 5. The molecule has 0 spiro atoms. The third-order valence-corrected chi connectivity index (χ3v) is 3.70. The van der Waals surface area contributed by atoms with Gasteiger partial charge in [-0.3, -0.25) is 4.79 Å². The molecule has 2 N–H and O–H groups in total. The Kier molecular flexibility index (Phi) is 5.66. The molecule has 96 valence electrons. The van der Waals surface area contributed by atoms with Crippen molar-refractivity contribution in [2.45, 2.75) is 20.3 Å². The summed E-state index contributed by atoms with van der Waals surface area (Å²) in [4.78, 5) is 11.4. The maximum atomic E-state index is 11.4. The molecule has 0 aromatic heterocycles. The lowest BCUT2D eigenvalue weighted by atomic mass is 10.1. The van der Waals surface area contributed by atoms with E-state index in [0.29, 0.717) is 13.0 Å². The van der Waals surface area contributed by atoms with Crippen LogP contribution in [0.4, 0.5) is 5.69 Å². The zero-order chi connectivity index (χ0) is 13.5. The van der Waals surface area contributed by atoms with E-state index in [4.69, 9.17) is 5.26 Å². The normalized spacial score (nSPS) is 9.67. The van der Waals surface area contributed by atoms with Crippen molar-refractivity contribution in [3.63, 3.8) is 0 Å². The third kappa shape index (κ3) is 4.38. The van der Waals surface area contributed by atoms with Crippen LogP contribution in [-0.2, 0) is 4.79 Å². The van der Waals surface area contributed by atoms with Gasteiger partial charge in [-0.15, -0.1) is 0 Å². The molecule has 1 aromatic carbocycles. The minimum Gasteiger partial charge on any atom is -0.376 e. The van der Waals surface area contributed by atoms with Gasteiger partial charge in [-0.25, -0.2) is 0 Å². The predicted octanol–water partition coefficient (Wildman–Crippen LogP) is 2.51. The predicted molar refractivity (Wildman–Crippen MR) is 75.3 cm³/mol. The van der Waals surface area contributed by atoms with Crippen LogP contribution in [0.2, 0.25) is 0 Å². The summed E-state index contributed by atoms with van der Waals surface area (Å²) in [5, 5.41) is 14.1. The number of anilines is 1. The number of nitrogens with zero attached hydrogens (tertiary/aromatic N) is 1. The molecule has 0 heterocycles. The Hall–Kier alpha value is -1.54. The number of amides is 1. The van der Waals surface area contributed by atoms with Crippen molar-refractivity contribution in [2.75, 3.05) is 18.4 Å². The first kappa shape index (κ1) is 14.5. The average Bonchev–Trinajstić information content (AvgIpc) is 2.33. The van der Waals surface area contributed by atoms with Gasteiger partial charge in [0.25, 0.3) is 0 Å². The van der Waals surface area contributed by atoms with Gasteiger partial charge in [0.1, 0.15) is 0 Å². The van der Waals surface area contributed by atoms with E-state index in [0.717, 1.165) is 21.3 Å². The minimum atomic E-state index is -0.108. The molecule has 1 aromatic rings. The van der Waals surface area contributed by atoms with Crippen LogP contribution >= 0.6 is 15.9 Å². The van der Waals surface area contributed by atoms with Crippen LogP contribution in [0.25, 0.3) is 0 Å². The molecular weight excluding hydrogens is 294 g/mol. The number of halogens is 1. The number of carbonyl (C=O) groups excluding carboxylic acids is 1. The molecule has 0 aliphatic carbocycles. The van der Waals surface area contributed by atoms with E-state index in [1.54, 1.807) is 0 Å². The smallest absolute Gasteiger partial charge is 0.239 e. The van der Waals surface area contributed by atoms with Gasteiger partial charge in [0, 0.05) is 16.7 Å². The molecule has 0 radical (unpaired) electrons. The van der Waals surface area contributed by atoms with Crippen molar-refractivity contribution >= 4 is 27.5 Å². The monoisotopic (exact) mass is 309 g/mol. The van der Waals surface area contributed by atoms with Crippen molar-refractivity contribution in [2.24, 2.45) is 0 Å². The van der Waals surface area contributed by atoms with E-state index in [2.05, 4.69) is 26.6 Å². The summed E-state index contributed by atoms with van der Waals surface area (Å²) in [7, 11) is 0. The van der Waals surface area contributed by atoms with E-state index in [1.807, 2.05) is 32.0 Å². The van der Waals surface area contributed by atoms with Crippen LogP contribution in [-0.4, -0.2) is 19.0 Å². The highest BCUT2D eigenvalue weighted by molar-refractivity contribution is 9.10. The molecule has 0 bridgehead atoms. The Bertz CT molecular complexity index is 457. The van der Waals surface area contributed by atoms with Crippen molar-refractivity contribution in [3.05, 3.63) is 27.7 Å². The molecule has 0 saturated heterocycles. The summed E-state index contributed by atoms with van der Waals surface area (Å²) in [5.41, 5.74) is 3.17. The largest absolute Gasteiger partial charge is 0.376 e. The maximum absolute atomic E-state index is 11.4. The van der Waals surface area contributed by atoms with Crippen molar-refractivity contribution in [1.29, 1.82) is 5.26 Å². The molecule has 0 atom stereocenters. The molecule has 4 nitrogen and oxygen atoms in total. The van der Waals surface area contributed by atoms with E-state index in [1.165, 1.54) is 0 Å². The van der Waals surface area contributed by atoms with Gasteiger partial charge < -0.3 is 10.6 Å². The first-order valence-corrected chi connectivity index (χ1v) is 6.48. The summed E-state index contributed by atoms with van der Waals surface area (Å²) in [6.45, 7) is 4.63. The van der Waals surface area contributed by atoms with Gasteiger partial charge in [-0.05, 0) is 37.1 Å². The topological polar surface area (TPSA) is 64.9 Å². The van der Waals surface area contributed by atoms with Gasteiger partial charge in [-0.2, -0.15) is 5.26 Å². The quantitative estimate of drug-likeness (QED) is 0.821. The Morgan fingerprint density at radius 3 is 2.56 bits per heavy atom. The summed E-state index contributed by atoms with van der Waals surface area (Å²) in [6.07, 6.45) is 0.336. The second-order valence-corrected chi connectivity index (χ2v) is 4.83. The zero-order valence-electron chi connectivity index (χ0n) is 10.5. The van der Waals surface area contributed by atoms with E-state index in [-0.39, 0.29) is 12.5 Å². The highest BCUT2D eigenvalue weighted by Gasteiger charge is 2.04. The summed E-state index contributed by atoms with van der Waals surface area (Å²) < 4.78 is 1.09. The number of nitriles is 1. The fourth-order valence-electron chi connectivity index (χ4n) is 1.55. The number of hydrogen-bond donors (Lipinski definition) is 2. The Balaban J connectivity index is 2.49. The minimum absolute atomic E-state index is 0.108. The lowest BCUT2D eigenvalue weighted by Crippen LogP contribution is -2.30. The zero-order valence-corrected chi connectivity index (χ0v) is 12.1.